The highest BCUT2D eigenvalue weighted by atomic mass is 35.5. The molecule has 2 nitrogen and oxygen atoms in total. The van der Waals surface area contributed by atoms with E-state index in [0.717, 1.165) is 4.90 Å². The van der Waals surface area contributed by atoms with E-state index in [4.69, 9.17) is 11.6 Å². The SMILES string of the molecule is CC(C)(C)c1ccc(Sc2cccc(Cl)c2C(=O)O)cc1. The molecule has 0 bridgehead atoms. The van der Waals surface area contributed by atoms with Gasteiger partial charge in [-0.05, 0) is 35.2 Å². The predicted molar refractivity (Wildman–Crippen MR) is 87.7 cm³/mol. The van der Waals surface area contributed by atoms with Crippen LogP contribution in [-0.2, 0) is 5.41 Å². The summed E-state index contributed by atoms with van der Waals surface area (Å²) in [5, 5.41) is 9.54. The Hall–Kier alpha value is -1.45. The number of aromatic carboxylic acids is 1. The van der Waals surface area contributed by atoms with Crippen LogP contribution in [0.3, 0.4) is 0 Å². The van der Waals surface area contributed by atoms with Crippen molar-refractivity contribution in [3.8, 4) is 0 Å². The number of rotatable bonds is 3. The van der Waals surface area contributed by atoms with E-state index in [-0.39, 0.29) is 16.0 Å². The van der Waals surface area contributed by atoms with Gasteiger partial charge in [-0.2, -0.15) is 0 Å². The van der Waals surface area contributed by atoms with Crippen molar-refractivity contribution in [1.82, 2.24) is 0 Å². The smallest absolute Gasteiger partial charge is 0.338 e. The van der Waals surface area contributed by atoms with Gasteiger partial charge in [0.05, 0.1) is 10.6 Å². The van der Waals surface area contributed by atoms with Crippen LogP contribution in [0.5, 0.6) is 0 Å². The van der Waals surface area contributed by atoms with Crippen molar-refractivity contribution in [2.45, 2.75) is 36.0 Å². The molecular formula is C17H17ClO2S. The van der Waals surface area contributed by atoms with Crippen LogP contribution in [-0.4, -0.2) is 11.1 Å². The van der Waals surface area contributed by atoms with E-state index in [0.29, 0.717) is 4.90 Å². The first kappa shape index (κ1) is 15.9. The van der Waals surface area contributed by atoms with Gasteiger partial charge in [0.1, 0.15) is 0 Å². The van der Waals surface area contributed by atoms with Crippen LogP contribution in [0.4, 0.5) is 0 Å². The van der Waals surface area contributed by atoms with E-state index < -0.39 is 5.97 Å². The van der Waals surface area contributed by atoms with E-state index >= 15 is 0 Å². The molecule has 4 heteroatoms. The van der Waals surface area contributed by atoms with Gasteiger partial charge in [-0.3, -0.25) is 0 Å². The Kier molecular flexibility index (Phi) is 4.64. The molecule has 2 aromatic rings. The third kappa shape index (κ3) is 3.80. The third-order valence-electron chi connectivity index (χ3n) is 3.14. The van der Waals surface area contributed by atoms with Crippen LogP contribution in [0.1, 0.15) is 36.7 Å². The molecule has 2 aromatic carbocycles. The lowest BCUT2D eigenvalue weighted by Gasteiger charge is -2.19. The number of halogens is 1. The summed E-state index contributed by atoms with van der Waals surface area (Å²) in [6.07, 6.45) is 0. The lowest BCUT2D eigenvalue weighted by atomic mass is 9.87. The van der Waals surface area contributed by atoms with Gasteiger partial charge < -0.3 is 5.11 Å². The van der Waals surface area contributed by atoms with Gasteiger partial charge in [0, 0.05) is 9.79 Å². The Morgan fingerprint density at radius 1 is 1.10 bits per heavy atom. The summed E-state index contributed by atoms with van der Waals surface area (Å²) in [6, 6.07) is 13.3. The minimum absolute atomic E-state index is 0.103. The molecule has 0 aliphatic rings. The molecule has 0 amide bonds. The molecule has 0 unspecified atom stereocenters. The van der Waals surface area contributed by atoms with Gasteiger partial charge in [-0.1, -0.05) is 62.3 Å². The molecule has 1 N–H and O–H groups in total. The van der Waals surface area contributed by atoms with Gasteiger partial charge in [-0.15, -0.1) is 0 Å². The molecule has 2 rings (SSSR count). The number of carbonyl (C=O) groups is 1. The van der Waals surface area contributed by atoms with E-state index in [9.17, 15) is 9.90 Å². The van der Waals surface area contributed by atoms with Crippen LogP contribution < -0.4 is 0 Å². The predicted octanol–water partition coefficient (Wildman–Crippen LogP) is 5.49. The first-order valence-electron chi connectivity index (χ1n) is 6.59. The minimum atomic E-state index is -1.01. The van der Waals surface area contributed by atoms with Crippen molar-refractivity contribution in [2.75, 3.05) is 0 Å². The highest BCUT2D eigenvalue weighted by Gasteiger charge is 2.16. The summed E-state index contributed by atoms with van der Waals surface area (Å²) < 4.78 is 0. The van der Waals surface area contributed by atoms with E-state index in [1.54, 1.807) is 18.2 Å². The maximum Gasteiger partial charge on any atom is 0.338 e. The van der Waals surface area contributed by atoms with Gasteiger partial charge in [-0.25, -0.2) is 4.79 Å². The molecule has 0 saturated carbocycles. The zero-order valence-corrected chi connectivity index (χ0v) is 13.8. The van der Waals surface area contributed by atoms with Gasteiger partial charge >= 0.3 is 5.97 Å². The highest BCUT2D eigenvalue weighted by Crippen LogP contribution is 2.34. The topological polar surface area (TPSA) is 37.3 Å². The van der Waals surface area contributed by atoms with Crippen LogP contribution in [0.25, 0.3) is 0 Å². The average molecular weight is 321 g/mol. The second-order valence-electron chi connectivity index (χ2n) is 5.79. The standard InChI is InChI=1S/C17H17ClO2S/c1-17(2,3)11-7-9-12(10-8-11)21-14-6-4-5-13(18)15(14)16(19)20/h4-10H,1-3H3,(H,19,20). The molecule has 110 valence electrons. The first-order chi connectivity index (χ1) is 9.79. The number of carboxylic acid groups (broad SMARTS) is 1. The highest BCUT2D eigenvalue weighted by molar-refractivity contribution is 7.99. The number of benzene rings is 2. The molecule has 21 heavy (non-hydrogen) atoms. The molecule has 0 atom stereocenters. The van der Waals surface area contributed by atoms with E-state index in [2.05, 4.69) is 32.9 Å². The Labute approximate surface area is 134 Å². The van der Waals surface area contributed by atoms with Crippen molar-refractivity contribution >= 4 is 29.3 Å². The average Bonchev–Trinajstić information content (AvgIpc) is 2.38. The second-order valence-corrected chi connectivity index (χ2v) is 7.32. The number of carboxylic acids is 1. The molecule has 0 radical (unpaired) electrons. The molecular weight excluding hydrogens is 304 g/mol. The van der Waals surface area contributed by atoms with Crippen LogP contribution in [0.2, 0.25) is 5.02 Å². The van der Waals surface area contributed by atoms with Crippen LogP contribution in [0.15, 0.2) is 52.3 Å². The molecule has 0 aliphatic carbocycles. The fourth-order valence-corrected chi connectivity index (χ4v) is 3.23. The summed E-state index contributed by atoms with van der Waals surface area (Å²) in [4.78, 5) is 13.0. The van der Waals surface area contributed by atoms with Crippen molar-refractivity contribution in [1.29, 1.82) is 0 Å². The molecule has 0 spiro atoms. The Balaban J connectivity index is 2.31. The van der Waals surface area contributed by atoms with Gasteiger partial charge in [0.15, 0.2) is 0 Å². The summed E-state index contributed by atoms with van der Waals surface area (Å²) in [5.74, 6) is -1.01. The molecule has 0 saturated heterocycles. The largest absolute Gasteiger partial charge is 0.478 e. The normalized spacial score (nSPS) is 11.4. The van der Waals surface area contributed by atoms with Crippen molar-refractivity contribution in [3.63, 3.8) is 0 Å². The molecule has 0 heterocycles. The fraction of sp³-hybridized carbons (Fsp3) is 0.235. The monoisotopic (exact) mass is 320 g/mol. The summed E-state index contributed by atoms with van der Waals surface area (Å²) in [5.41, 5.74) is 1.51. The van der Waals surface area contributed by atoms with Gasteiger partial charge in [0.25, 0.3) is 0 Å². The minimum Gasteiger partial charge on any atom is -0.478 e. The lowest BCUT2D eigenvalue weighted by Crippen LogP contribution is -2.10. The second kappa shape index (κ2) is 6.12. The van der Waals surface area contributed by atoms with Crippen LogP contribution >= 0.6 is 23.4 Å². The Bertz CT molecular complexity index is 657. The quantitative estimate of drug-likeness (QED) is 0.812. The van der Waals surface area contributed by atoms with Crippen molar-refractivity contribution < 1.29 is 9.90 Å². The molecule has 0 aromatic heterocycles. The summed E-state index contributed by atoms with van der Waals surface area (Å²) >= 11 is 7.39. The van der Waals surface area contributed by atoms with Crippen molar-refractivity contribution in [3.05, 3.63) is 58.6 Å². The van der Waals surface area contributed by atoms with Crippen LogP contribution in [0, 0.1) is 0 Å². The summed E-state index contributed by atoms with van der Waals surface area (Å²) in [6.45, 7) is 6.48. The van der Waals surface area contributed by atoms with Crippen molar-refractivity contribution in [2.24, 2.45) is 0 Å². The van der Waals surface area contributed by atoms with Gasteiger partial charge in [0.2, 0.25) is 0 Å². The fourth-order valence-electron chi connectivity index (χ4n) is 1.95. The molecule has 0 fully saturated rings. The Morgan fingerprint density at radius 3 is 2.24 bits per heavy atom. The Morgan fingerprint density at radius 2 is 1.71 bits per heavy atom. The zero-order chi connectivity index (χ0) is 15.6. The molecule has 0 aliphatic heterocycles. The maximum atomic E-state index is 11.3. The van der Waals surface area contributed by atoms with E-state index in [1.807, 2.05) is 12.1 Å². The number of hydrogen-bond donors (Lipinski definition) is 1. The van der Waals surface area contributed by atoms with E-state index in [1.165, 1.54) is 17.3 Å². The third-order valence-corrected chi connectivity index (χ3v) is 4.52. The summed E-state index contributed by atoms with van der Waals surface area (Å²) in [7, 11) is 0. The first-order valence-corrected chi connectivity index (χ1v) is 7.78. The zero-order valence-electron chi connectivity index (χ0n) is 12.2. The lowest BCUT2D eigenvalue weighted by molar-refractivity contribution is 0.0693. The number of hydrogen-bond acceptors (Lipinski definition) is 2. The maximum absolute atomic E-state index is 11.3.